The highest BCUT2D eigenvalue weighted by molar-refractivity contribution is 9.10. The Hall–Kier alpha value is -1.01. The first-order valence-electron chi connectivity index (χ1n) is 5.35. The molecule has 0 radical (unpaired) electrons. The number of rotatable bonds is 3. The van der Waals surface area contributed by atoms with Gasteiger partial charge in [-0.25, -0.2) is 0 Å². The zero-order chi connectivity index (χ0) is 13.9. The van der Waals surface area contributed by atoms with Crippen LogP contribution < -0.4 is 0 Å². The lowest BCUT2D eigenvalue weighted by atomic mass is 10.2. The molecule has 0 spiro atoms. The van der Waals surface area contributed by atoms with Crippen LogP contribution in [0, 0.1) is 0 Å². The summed E-state index contributed by atoms with van der Waals surface area (Å²) in [6, 6.07) is 10.2. The van der Waals surface area contributed by atoms with Crippen molar-refractivity contribution in [1.82, 2.24) is 4.98 Å². The van der Waals surface area contributed by atoms with Crippen LogP contribution in [0.2, 0.25) is 0 Å². The monoisotopic (exact) mass is 347 g/mol. The summed E-state index contributed by atoms with van der Waals surface area (Å²) < 4.78 is 38.0. The molecular formula is C13H9BrF3NS. The average molecular weight is 348 g/mol. The fourth-order valence-corrected chi connectivity index (χ4v) is 2.46. The second-order valence-electron chi connectivity index (χ2n) is 3.79. The predicted molar refractivity (Wildman–Crippen MR) is 72.9 cm³/mol. The molecule has 0 atom stereocenters. The molecule has 1 heterocycles. The molecule has 0 saturated carbocycles. The third-order valence-electron chi connectivity index (χ3n) is 2.35. The summed E-state index contributed by atoms with van der Waals surface area (Å²) >= 11 is 4.80. The minimum Gasteiger partial charge on any atom is -0.251 e. The molecule has 6 heteroatoms. The van der Waals surface area contributed by atoms with Crippen LogP contribution in [0.15, 0.2) is 52.0 Å². The Kier molecular flexibility index (Phi) is 4.52. The van der Waals surface area contributed by atoms with Crippen LogP contribution in [-0.2, 0) is 11.9 Å². The van der Waals surface area contributed by atoms with Crippen LogP contribution in [0.3, 0.4) is 0 Å². The van der Waals surface area contributed by atoms with E-state index in [1.165, 1.54) is 24.0 Å². The number of pyridine rings is 1. The third-order valence-corrected chi connectivity index (χ3v) is 3.93. The maximum absolute atomic E-state index is 12.3. The van der Waals surface area contributed by atoms with E-state index in [0.29, 0.717) is 5.75 Å². The first-order valence-corrected chi connectivity index (χ1v) is 7.13. The fourth-order valence-electron chi connectivity index (χ4n) is 1.38. The molecule has 100 valence electrons. The van der Waals surface area contributed by atoms with Gasteiger partial charge in [0.15, 0.2) is 0 Å². The summed E-state index contributed by atoms with van der Waals surface area (Å²) in [4.78, 5) is 4.14. The quantitative estimate of drug-likeness (QED) is 0.711. The molecule has 0 aliphatic heterocycles. The number of alkyl halides is 3. The van der Waals surface area contributed by atoms with Gasteiger partial charge in [0.25, 0.3) is 0 Å². The van der Waals surface area contributed by atoms with Crippen molar-refractivity contribution in [2.75, 3.05) is 0 Å². The van der Waals surface area contributed by atoms with Gasteiger partial charge in [-0.2, -0.15) is 13.2 Å². The maximum Gasteiger partial charge on any atom is 0.433 e. The summed E-state index contributed by atoms with van der Waals surface area (Å²) in [5, 5.41) is 0. The highest BCUT2D eigenvalue weighted by Crippen LogP contribution is 2.29. The van der Waals surface area contributed by atoms with E-state index in [0.717, 1.165) is 21.0 Å². The van der Waals surface area contributed by atoms with Crippen LogP contribution >= 0.6 is 27.7 Å². The summed E-state index contributed by atoms with van der Waals surface area (Å²) in [6.45, 7) is 0. The molecule has 2 aromatic rings. The van der Waals surface area contributed by atoms with Gasteiger partial charge in [-0.3, -0.25) is 4.98 Å². The Balaban J connectivity index is 1.98. The number of halogens is 4. The highest BCUT2D eigenvalue weighted by atomic mass is 79.9. The topological polar surface area (TPSA) is 12.9 Å². The van der Waals surface area contributed by atoms with E-state index in [1.54, 1.807) is 0 Å². The van der Waals surface area contributed by atoms with Gasteiger partial charge in [-0.1, -0.05) is 28.1 Å². The second kappa shape index (κ2) is 5.96. The minimum absolute atomic E-state index is 0.695. The number of nitrogens with zero attached hydrogens (tertiary/aromatic N) is 1. The van der Waals surface area contributed by atoms with E-state index in [1.807, 2.05) is 24.3 Å². The molecular weight excluding hydrogens is 339 g/mol. The Bertz CT molecular complexity index is 537. The minimum atomic E-state index is -4.38. The normalized spacial score (nSPS) is 11.6. The lowest BCUT2D eigenvalue weighted by Gasteiger charge is -2.06. The SMILES string of the molecule is FC(F)(F)c1ccc(SCc2ccc(Br)cc2)cn1. The maximum atomic E-state index is 12.3. The van der Waals surface area contributed by atoms with Gasteiger partial charge < -0.3 is 0 Å². The summed E-state index contributed by atoms with van der Waals surface area (Å²) in [5.74, 6) is 0.695. The second-order valence-corrected chi connectivity index (χ2v) is 5.76. The van der Waals surface area contributed by atoms with Crippen molar-refractivity contribution in [1.29, 1.82) is 0 Å². The van der Waals surface area contributed by atoms with E-state index >= 15 is 0 Å². The number of aromatic nitrogens is 1. The lowest BCUT2D eigenvalue weighted by molar-refractivity contribution is -0.141. The van der Waals surface area contributed by atoms with Crippen molar-refractivity contribution in [3.05, 3.63) is 58.3 Å². The smallest absolute Gasteiger partial charge is 0.251 e. The van der Waals surface area contributed by atoms with Crippen molar-refractivity contribution in [2.24, 2.45) is 0 Å². The predicted octanol–water partition coefficient (Wildman–Crippen LogP) is 5.16. The Labute approximate surface area is 121 Å². The molecule has 0 amide bonds. The van der Waals surface area contributed by atoms with E-state index < -0.39 is 11.9 Å². The van der Waals surface area contributed by atoms with Gasteiger partial charge in [0.2, 0.25) is 0 Å². The van der Waals surface area contributed by atoms with E-state index in [4.69, 9.17) is 0 Å². The van der Waals surface area contributed by atoms with Crippen LogP contribution in [0.5, 0.6) is 0 Å². The highest BCUT2D eigenvalue weighted by Gasteiger charge is 2.31. The molecule has 0 bridgehead atoms. The molecule has 0 aliphatic carbocycles. The molecule has 0 fully saturated rings. The zero-order valence-electron chi connectivity index (χ0n) is 9.62. The van der Waals surface area contributed by atoms with Crippen molar-refractivity contribution in [2.45, 2.75) is 16.8 Å². The molecule has 2 rings (SSSR count). The Morgan fingerprint density at radius 1 is 1.05 bits per heavy atom. The van der Waals surface area contributed by atoms with Gasteiger partial charge in [-0.15, -0.1) is 11.8 Å². The van der Waals surface area contributed by atoms with Crippen molar-refractivity contribution in [3.8, 4) is 0 Å². The number of hydrogen-bond donors (Lipinski definition) is 0. The molecule has 1 aromatic carbocycles. The summed E-state index contributed by atoms with van der Waals surface area (Å²) in [6.07, 6.45) is -3.12. The first kappa shape index (κ1) is 14.4. The standard InChI is InChI=1S/C13H9BrF3NS/c14-10-3-1-9(2-4-10)8-19-11-5-6-12(18-7-11)13(15,16)17/h1-7H,8H2. The van der Waals surface area contributed by atoms with Gasteiger partial charge >= 0.3 is 6.18 Å². The third kappa shape index (κ3) is 4.24. The molecule has 0 unspecified atom stereocenters. The van der Waals surface area contributed by atoms with Gasteiger partial charge in [0.05, 0.1) is 0 Å². The van der Waals surface area contributed by atoms with E-state index in [9.17, 15) is 13.2 Å². The fraction of sp³-hybridized carbons (Fsp3) is 0.154. The van der Waals surface area contributed by atoms with Crippen LogP contribution in [-0.4, -0.2) is 4.98 Å². The summed E-state index contributed by atoms with van der Waals surface area (Å²) in [7, 11) is 0. The van der Waals surface area contributed by atoms with Gasteiger partial charge in [0, 0.05) is 21.3 Å². The number of thioether (sulfide) groups is 1. The number of hydrogen-bond acceptors (Lipinski definition) is 2. The van der Waals surface area contributed by atoms with Gasteiger partial charge in [0.1, 0.15) is 5.69 Å². The molecule has 0 N–H and O–H groups in total. The van der Waals surface area contributed by atoms with Gasteiger partial charge in [-0.05, 0) is 29.8 Å². The first-order chi connectivity index (χ1) is 8.95. The van der Waals surface area contributed by atoms with Crippen molar-refractivity contribution in [3.63, 3.8) is 0 Å². The largest absolute Gasteiger partial charge is 0.433 e. The number of benzene rings is 1. The molecule has 1 aromatic heterocycles. The Morgan fingerprint density at radius 2 is 1.74 bits per heavy atom. The van der Waals surface area contributed by atoms with Crippen LogP contribution in [0.4, 0.5) is 13.2 Å². The molecule has 1 nitrogen and oxygen atoms in total. The van der Waals surface area contributed by atoms with Crippen LogP contribution in [0.25, 0.3) is 0 Å². The molecule has 19 heavy (non-hydrogen) atoms. The van der Waals surface area contributed by atoms with Crippen LogP contribution in [0.1, 0.15) is 11.3 Å². The van der Waals surface area contributed by atoms with Crippen molar-refractivity contribution < 1.29 is 13.2 Å². The zero-order valence-corrected chi connectivity index (χ0v) is 12.0. The average Bonchev–Trinajstić information content (AvgIpc) is 2.37. The molecule has 0 saturated heterocycles. The lowest BCUT2D eigenvalue weighted by Crippen LogP contribution is -2.07. The van der Waals surface area contributed by atoms with E-state index in [2.05, 4.69) is 20.9 Å². The summed E-state index contributed by atoms with van der Waals surface area (Å²) in [5.41, 5.74) is 0.244. The Morgan fingerprint density at radius 3 is 2.26 bits per heavy atom. The molecule has 0 aliphatic rings. The van der Waals surface area contributed by atoms with E-state index in [-0.39, 0.29) is 0 Å². The van der Waals surface area contributed by atoms with Crippen molar-refractivity contribution >= 4 is 27.7 Å².